The van der Waals surface area contributed by atoms with Gasteiger partial charge in [-0.25, -0.2) is 13.4 Å². The van der Waals surface area contributed by atoms with Crippen LogP contribution in [0.15, 0.2) is 90.1 Å². The summed E-state index contributed by atoms with van der Waals surface area (Å²) in [4.78, 5) is 20.3. The molecule has 0 saturated heterocycles. The second-order valence-corrected chi connectivity index (χ2v) is 12.0. The van der Waals surface area contributed by atoms with Gasteiger partial charge in [0.25, 0.3) is 15.9 Å². The number of aryl methyl sites for hydroxylation is 2. The zero-order valence-corrected chi connectivity index (χ0v) is 22.9. The van der Waals surface area contributed by atoms with Crippen molar-refractivity contribution in [1.29, 1.82) is 0 Å². The topological polar surface area (TPSA) is 88.4 Å². The van der Waals surface area contributed by atoms with E-state index in [1.807, 2.05) is 32.2 Å². The van der Waals surface area contributed by atoms with Crippen LogP contribution in [0.3, 0.4) is 0 Å². The lowest BCUT2D eigenvalue weighted by molar-refractivity contribution is 0.0985. The molecular weight excluding hydrogens is 518 g/mol. The van der Waals surface area contributed by atoms with E-state index in [0.717, 1.165) is 21.3 Å². The monoisotopic (exact) mass is 545 g/mol. The van der Waals surface area contributed by atoms with Gasteiger partial charge in [0.2, 0.25) is 0 Å². The number of anilines is 2. The van der Waals surface area contributed by atoms with Crippen molar-refractivity contribution in [2.45, 2.75) is 25.3 Å². The number of fused-ring (bicyclic) bond motifs is 1. The van der Waals surface area contributed by atoms with Gasteiger partial charge in [0, 0.05) is 31.5 Å². The van der Waals surface area contributed by atoms with E-state index in [0.29, 0.717) is 29.5 Å². The Hall–Kier alpha value is -4.02. The van der Waals surface area contributed by atoms with Crippen molar-refractivity contribution < 1.29 is 13.2 Å². The first-order chi connectivity index (χ1) is 18.2. The molecule has 5 aromatic rings. The van der Waals surface area contributed by atoms with Crippen LogP contribution in [0.5, 0.6) is 0 Å². The normalized spacial score (nSPS) is 11.6. The molecule has 0 bridgehead atoms. The Labute approximate surface area is 225 Å². The molecule has 5 rings (SSSR count). The summed E-state index contributed by atoms with van der Waals surface area (Å²) in [7, 11) is -2.27. The van der Waals surface area contributed by atoms with Crippen LogP contribution < -0.4 is 9.21 Å². The van der Waals surface area contributed by atoms with Crippen molar-refractivity contribution in [2.24, 2.45) is 0 Å². The van der Waals surface area contributed by atoms with Gasteiger partial charge in [-0.3, -0.25) is 18.7 Å². The number of rotatable bonds is 8. The number of hydrogen-bond donors (Lipinski definition) is 0. The molecule has 2 heterocycles. The third kappa shape index (κ3) is 5.05. The minimum absolute atomic E-state index is 0.106. The highest BCUT2D eigenvalue weighted by Crippen LogP contribution is 2.32. The van der Waals surface area contributed by atoms with Gasteiger partial charge in [-0.15, -0.1) is 0 Å². The highest BCUT2D eigenvalue weighted by Gasteiger charge is 2.25. The second kappa shape index (κ2) is 10.4. The standard InChI is InChI=1S/C28H27N5O3S2/c1-20-18-21(2)26-25(19-20)37-28(30-26)33(17-16-32-15-7-14-29-32)27(34)22-10-12-24(13-11-22)38(35,36)31(3)23-8-5-4-6-9-23/h4-15,18-19H,16-17H2,1-3H3. The van der Waals surface area contributed by atoms with Crippen LogP contribution in [0.2, 0.25) is 0 Å². The summed E-state index contributed by atoms with van der Waals surface area (Å²) in [6, 6.07) is 20.9. The Morgan fingerprint density at radius 2 is 1.74 bits per heavy atom. The minimum atomic E-state index is -3.79. The summed E-state index contributed by atoms with van der Waals surface area (Å²) in [5, 5.41) is 4.84. The molecule has 0 fully saturated rings. The summed E-state index contributed by atoms with van der Waals surface area (Å²) in [5.74, 6) is -0.258. The van der Waals surface area contributed by atoms with Gasteiger partial charge in [-0.1, -0.05) is 35.6 Å². The van der Waals surface area contributed by atoms with Crippen LogP contribution >= 0.6 is 11.3 Å². The third-order valence-electron chi connectivity index (χ3n) is 6.29. The van der Waals surface area contributed by atoms with Gasteiger partial charge in [-0.05, 0) is 73.5 Å². The smallest absolute Gasteiger partial charge is 0.264 e. The Morgan fingerprint density at radius 3 is 2.42 bits per heavy atom. The molecule has 0 N–H and O–H groups in total. The number of para-hydroxylation sites is 1. The van der Waals surface area contributed by atoms with Crippen LogP contribution in [-0.4, -0.2) is 42.7 Å². The van der Waals surface area contributed by atoms with E-state index >= 15 is 0 Å². The minimum Gasteiger partial charge on any atom is -0.282 e. The van der Waals surface area contributed by atoms with Crippen molar-refractivity contribution >= 4 is 48.3 Å². The van der Waals surface area contributed by atoms with E-state index in [2.05, 4.69) is 17.2 Å². The third-order valence-corrected chi connectivity index (χ3v) is 9.11. The Morgan fingerprint density at radius 1 is 1.00 bits per heavy atom. The lowest BCUT2D eigenvalue weighted by atomic mass is 10.1. The fourth-order valence-electron chi connectivity index (χ4n) is 4.25. The quantitative estimate of drug-likeness (QED) is 0.265. The number of thiazole rings is 1. The van der Waals surface area contributed by atoms with Gasteiger partial charge in [0.05, 0.1) is 27.3 Å². The van der Waals surface area contributed by atoms with Crippen molar-refractivity contribution in [3.63, 3.8) is 0 Å². The van der Waals surface area contributed by atoms with Crippen LogP contribution in [-0.2, 0) is 16.6 Å². The highest BCUT2D eigenvalue weighted by atomic mass is 32.2. The van der Waals surface area contributed by atoms with E-state index < -0.39 is 10.0 Å². The van der Waals surface area contributed by atoms with E-state index in [1.165, 1.54) is 34.8 Å². The largest absolute Gasteiger partial charge is 0.282 e. The molecule has 0 aliphatic carbocycles. The Bertz CT molecular complexity index is 1680. The summed E-state index contributed by atoms with van der Waals surface area (Å²) < 4.78 is 30.4. The maximum atomic E-state index is 13.8. The predicted octanol–water partition coefficient (Wildman–Crippen LogP) is 5.28. The SMILES string of the molecule is Cc1cc(C)c2nc(N(CCn3cccn3)C(=O)c3ccc(S(=O)(=O)N(C)c4ccccc4)cc3)sc2c1. The van der Waals surface area contributed by atoms with Gasteiger partial charge in [0.1, 0.15) is 0 Å². The molecule has 0 atom stereocenters. The van der Waals surface area contributed by atoms with Crippen molar-refractivity contribution in [2.75, 3.05) is 22.8 Å². The molecule has 2 aromatic heterocycles. The summed E-state index contributed by atoms with van der Waals surface area (Å²) in [6.45, 7) is 4.90. The fraction of sp³-hybridized carbons (Fsp3) is 0.179. The number of amides is 1. The van der Waals surface area contributed by atoms with Crippen LogP contribution in [0.25, 0.3) is 10.2 Å². The van der Waals surface area contributed by atoms with Gasteiger partial charge >= 0.3 is 0 Å². The number of carbonyl (C=O) groups excluding carboxylic acids is 1. The number of sulfonamides is 1. The number of carbonyl (C=O) groups is 1. The molecule has 0 aliphatic heterocycles. The Kier molecular flexibility index (Phi) is 7.00. The number of nitrogens with zero attached hydrogens (tertiary/aromatic N) is 5. The average Bonchev–Trinajstić information content (AvgIpc) is 3.59. The highest BCUT2D eigenvalue weighted by molar-refractivity contribution is 7.92. The molecule has 38 heavy (non-hydrogen) atoms. The number of benzene rings is 3. The zero-order chi connectivity index (χ0) is 26.9. The first-order valence-electron chi connectivity index (χ1n) is 12.0. The first kappa shape index (κ1) is 25.6. The van der Waals surface area contributed by atoms with Crippen LogP contribution in [0.1, 0.15) is 21.5 Å². The summed E-state index contributed by atoms with van der Waals surface area (Å²) in [5.41, 5.74) is 3.99. The van der Waals surface area contributed by atoms with E-state index in [4.69, 9.17) is 4.98 Å². The lowest BCUT2D eigenvalue weighted by Gasteiger charge is -2.21. The maximum Gasteiger partial charge on any atom is 0.264 e. The predicted molar refractivity (Wildman–Crippen MR) is 151 cm³/mol. The molecule has 194 valence electrons. The molecule has 0 saturated carbocycles. The molecule has 3 aromatic carbocycles. The van der Waals surface area contributed by atoms with Crippen molar-refractivity contribution in [1.82, 2.24) is 14.8 Å². The van der Waals surface area contributed by atoms with Gasteiger partial charge < -0.3 is 0 Å². The van der Waals surface area contributed by atoms with Gasteiger partial charge in [0.15, 0.2) is 5.13 Å². The number of aromatic nitrogens is 3. The maximum absolute atomic E-state index is 13.8. The molecule has 0 radical (unpaired) electrons. The van der Waals surface area contributed by atoms with Gasteiger partial charge in [-0.2, -0.15) is 5.10 Å². The van der Waals surface area contributed by atoms with E-state index in [1.54, 1.807) is 52.2 Å². The molecule has 8 nitrogen and oxygen atoms in total. The van der Waals surface area contributed by atoms with Crippen molar-refractivity contribution in [3.8, 4) is 0 Å². The van der Waals surface area contributed by atoms with E-state index in [9.17, 15) is 13.2 Å². The molecule has 0 aliphatic rings. The van der Waals surface area contributed by atoms with E-state index in [-0.39, 0.29) is 10.8 Å². The molecule has 0 spiro atoms. The lowest BCUT2D eigenvalue weighted by Crippen LogP contribution is -2.34. The molecule has 0 unspecified atom stereocenters. The van der Waals surface area contributed by atoms with Crippen LogP contribution in [0, 0.1) is 13.8 Å². The Balaban J connectivity index is 1.46. The van der Waals surface area contributed by atoms with Crippen LogP contribution in [0.4, 0.5) is 10.8 Å². The summed E-state index contributed by atoms with van der Waals surface area (Å²) >= 11 is 1.46. The summed E-state index contributed by atoms with van der Waals surface area (Å²) in [6.07, 6.45) is 3.54. The number of hydrogen-bond acceptors (Lipinski definition) is 6. The first-order valence-corrected chi connectivity index (χ1v) is 14.3. The molecular formula is C28H27N5O3S2. The fourth-order valence-corrected chi connectivity index (χ4v) is 6.62. The second-order valence-electron chi connectivity index (χ2n) is 8.98. The zero-order valence-electron chi connectivity index (χ0n) is 21.3. The molecule has 1 amide bonds. The average molecular weight is 546 g/mol. The van der Waals surface area contributed by atoms with Crippen molar-refractivity contribution in [3.05, 3.63) is 102 Å². The molecule has 10 heteroatoms.